The Morgan fingerprint density at radius 1 is 1.22 bits per heavy atom. The highest BCUT2D eigenvalue weighted by Crippen LogP contribution is 2.25. The van der Waals surface area contributed by atoms with Gasteiger partial charge in [-0.1, -0.05) is 0 Å². The van der Waals surface area contributed by atoms with Gasteiger partial charge in [-0.2, -0.15) is 0 Å². The Balaban J connectivity index is 2.73. The van der Waals surface area contributed by atoms with Crippen LogP contribution in [-0.4, -0.2) is 26.2 Å². The number of benzene rings is 1. The smallest absolute Gasteiger partial charge is 0.406 e. The SMILES string of the molecule is NCCN(COCl)c1ccc(OC(F)(F)F)cc1. The van der Waals surface area contributed by atoms with Crippen molar-refractivity contribution in [1.29, 1.82) is 0 Å². The van der Waals surface area contributed by atoms with Gasteiger partial charge in [0.15, 0.2) is 0 Å². The van der Waals surface area contributed by atoms with Crippen molar-refractivity contribution < 1.29 is 22.2 Å². The molecule has 1 aromatic carbocycles. The number of anilines is 1. The van der Waals surface area contributed by atoms with Gasteiger partial charge in [0, 0.05) is 18.8 Å². The van der Waals surface area contributed by atoms with E-state index in [4.69, 9.17) is 17.6 Å². The fraction of sp³-hybridized carbons (Fsp3) is 0.400. The van der Waals surface area contributed by atoms with Crippen molar-refractivity contribution in [1.82, 2.24) is 0 Å². The van der Waals surface area contributed by atoms with E-state index in [0.29, 0.717) is 18.8 Å². The first kappa shape index (κ1) is 14.9. The van der Waals surface area contributed by atoms with E-state index in [9.17, 15) is 13.2 Å². The Labute approximate surface area is 107 Å². The zero-order chi connectivity index (χ0) is 13.6. The van der Waals surface area contributed by atoms with Gasteiger partial charge in [-0.15, -0.1) is 13.2 Å². The second-order valence-electron chi connectivity index (χ2n) is 3.33. The van der Waals surface area contributed by atoms with Crippen molar-refractivity contribution in [3.05, 3.63) is 24.3 Å². The highest BCUT2D eigenvalue weighted by molar-refractivity contribution is 6.07. The maximum atomic E-state index is 12.0. The van der Waals surface area contributed by atoms with Crippen LogP contribution in [0.25, 0.3) is 0 Å². The monoisotopic (exact) mass is 284 g/mol. The molecule has 0 aliphatic rings. The Kier molecular flexibility index (Phi) is 5.52. The number of hydrogen-bond donors (Lipinski definition) is 1. The van der Waals surface area contributed by atoms with Crippen molar-refractivity contribution in [2.24, 2.45) is 5.73 Å². The topological polar surface area (TPSA) is 47.7 Å². The van der Waals surface area contributed by atoms with Crippen LogP contribution >= 0.6 is 11.9 Å². The Morgan fingerprint density at radius 2 is 1.83 bits per heavy atom. The third-order valence-corrected chi connectivity index (χ3v) is 2.14. The Morgan fingerprint density at radius 3 is 2.28 bits per heavy atom. The summed E-state index contributed by atoms with van der Waals surface area (Å²) in [5, 5.41) is 0. The summed E-state index contributed by atoms with van der Waals surface area (Å²) < 4.78 is 44.1. The number of hydrogen-bond acceptors (Lipinski definition) is 4. The lowest BCUT2D eigenvalue weighted by molar-refractivity contribution is -0.274. The summed E-state index contributed by atoms with van der Waals surface area (Å²) in [6, 6.07) is 5.35. The molecule has 0 spiro atoms. The number of nitrogens with zero attached hydrogens (tertiary/aromatic N) is 1. The molecule has 0 fully saturated rings. The van der Waals surface area contributed by atoms with Crippen LogP contribution in [0.4, 0.5) is 18.9 Å². The summed E-state index contributed by atoms with van der Waals surface area (Å²) in [7, 11) is 0. The zero-order valence-corrected chi connectivity index (χ0v) is 10.0. The first-order valence-corrected chi connectivity index (χ1v) is 5.31. The maximum absolute atomic E-state index is 12.0. The van der Waals surface area contributed by atoms with Gasteiger partial charge in [0.1, 0.15) is 12.5 Å². The van der Waals surface area contributed by atoms with Gasteiger partial charge in [-0.05, 0) is 24.3 Å². The standard InChI is InChI=1S/C10H12ClF3N2O2/c11-17-7-16(6-5-15)8-1-3-9(4-2-8)18-10(12,13)14/h1-4H,5-7,15H2. The average molecular weight is 285 g/mol. The lowest BCUT2D eigenvalue weighted by atomic mass is 10.3. The van der Waals surface area contributed by atoms with Gasteiger partial charge in [0.2, 0.25) is 0 Å². The molecular weight excluding hydrogens is 273 g/mol. The van der Waals surface area contributed by atoms with E-state index in [1.165, 1.54) is 24.3 Å². The van der Waals surface area contributed by atoms with Gasteiger partial charge in [0.05, 0.1) is 11.9 Å². The zero-order valence-electron chi connectivity index (χ0n) is 9.28. The van der Waals surface area contributed by atoms with E-state index < -0.39 is 6.36 Å². The molecule has 0 aromatic heterocycles. The van der Waals surface area contributed by atoms with Crippen LogP contribution in [0.15, 0.2) is 24.3 Å². The summed E-state index contributed by atoms with van der Waals surface area (Å²) >= 11 is 5.14. The van der Waals surface area contributed by atoms with E-state index >= 15 is 0 Å². The van der Waals surface area contributed by atoms with Crippen LogP contribution in [0.1, 0.15) is 0 Å². The number of nitrogens with two attached hydrogens (primary N) is 1. The van der Waals surface area contributed by atoms with Crippen LogP contribution in [-0.2, 0) is 4.29 Å². The summed E-state index contributed by atoms with van der Waals surface area (Å²) in [6.45, 7) is 0.908. The highest BCUT2D eigenvalue weighted by Gasteiger charge is 2.30. The van der Waals surface area contributed by atoms with Crippen LogP contribution < -0.4 is 15.4 Å². The predicted molar refractivity (Wildman–Crippen MR) is 61.3 cm³/mol. The number of halogens is 4. The summed E-state index contributed by atoms with van der Waals surface area (Å²) in [5.41, 5.74) is 6.03. The molecule has 0 atom stereocenters. The highest BCUT2D eigenvalue weighted by atomic mass is 35.5. The van der Waals surface area contributed by atoms with E-state index in [-0.39, 0.29) is 12.5 Å². The van der Waals surface area contributed by atoms with Gasteiger partial charge in [-0.3, -0.25) is 4.29 Å². The van der Waals surface area contributed by atoms with Gasteiger partial charge < -0.3 is 15.4 Å². The molecule has 0 saturated heterocycles. The molecule has 2 N–H and O–H groups in total. The number of rotatable bonds is 6. The second kappa shape index (κ2) is 6.67. The summed E-state index contributed by atoms with van der Waals surface area (Å²) in [5.74, 6) is -0.286. The molecule has 0 saturated carbocycles. The molecule has 102 valence electrons. The fourth-order valence-corrected chi connectivity index (χ4v) is 1.46. The largest absolute Gasteiger partial charge is 0.573 e. The maximum Gasteiger partial charge on any atom is 0.573 e. The van der Waals surface area contributed by atoms with Crippen LogP contribution in [0, 0.1) is 0 Å². The summed E-state index contributed by atoms with van der Waals surface area (Å²) in [4.78, 5) is 1.67. The summed E-state index contributed by atoms with van der Waals surface area (Å²) in [6.07, 6.45) is -4.70. The van der Waals surface area contributed by atoms with Crippen molar-refractivity contribution in [2.75, 3.05) is 24.7 Å². The van der Waals surface area contributed by atoms with Crippen molar-refractivity contribution in [3.8, 4) is 5.75 Å². The molecular formula is C10H12ClF3N2O2. The molecule has 18 heavy (non-hydrogen) atoms. The fourth-order valence-electron chi connectivity index (χ4n) is 1.34. The number of ether oxygens (including phenoxy) is 1. The number of alkyl halides is 3. The minimum absolute atomic E-state index is 0.0816. The third kappa shape index (κ3) is 4.99. The molecule has 4 nitrogen and oxygen atoms in total. The van der Waals surface area contributed by atoms with Gasteiger partial charge in [-0.25, -0.2) is 0 Å². The van der Waals surface area contributed by atoms with E-state index in [1.807, 2.05) is 0 Å². The van der Waals surface area contributed by atoms with E-state index in [1.54, 1.807) is 4.90 Å². The predicted octanol–water partition coefficient (Wildman–Crippen LogP) is 2.48. The molecule has 0 bridgehead atoms. The van der Waals surface area contributed by atoms with Gasteiger partial charge >= 0.3 is 6.36 Å². The van der Waals surface area contributed by atoms with Crippen LogP contribution in [0.3, 0.4) is 0 Å². The molecule has 1 rings (SSSR count). The van der Waals surface area contributed by atoms with Gasteiger partial charge in [0.25, 0.3) is 0 Å². The van der Waals surface area contributed by atoms with Crippen LogP contribution in [0.5, 0.6) is 5.75 Å². The lowest BCUT2D eigenvalue weighted by Gasteiger charge is -2.22. The molecule has 8 heteroatoms. The van der Waals surface area contributed by atoms with Crippen molar-refractivity contribution >= 4 is 17.6 Å². The molecule has 0 radical (unpaired) electrons. The Hall–Kier alpha value is -1.18. The third-order valence-electron chi connectivity index (χ3n) is 2.04. The molecule has 0 unspecified atom stereocenters. The average Bonchev–Trinajstić information content (AvgIpc) is 2.28. The van der Waals surface area contributed by atoms with E-state index in [2.05, 4.69) is 9.03 Å². The molecule has 0 heterocycles. The molecule has 0 amide bonds. The second-order valence-corrected chi connectivity index (χ2v) is 3.55. The normalized spacial score (nSPS) is 11.4. The molecule has 1 aromatic rings. The first-order valence-electron chi connectivity index (χ1n) is 5.00. The van der Waals surface area contributed by atoms with Crippen molar-refractivity contribution in [2.45, 2.75) is 6.36 Å². The minimum atomic E-state index is -4.70. The van der Waals surface area contributed by atoms with Crippen LogP contribution in [0.2, 0.25) is 0 Å². The minimum Gasteiger partial charge on any atom is -0.406 e. The lowest BCUT2D eigenvalue weighted by Crippen LogP contribution is -2.30. The van der Waals surface area contributed by atoms with Crippen molar-refractivity contribution in [3.63, 3.8) is 0 Å². The molecule has 0 aliphatic carbocycles. The Bertz CT molecular complexity index is 353. The molecule has 0 aliphatic heterocycles. The quantitative estimate of drug-likeness (QED) is 0.815. The van der Waals surface area contributed by atoms with E-state index in [0.717, 1.165) is 0 Å². The first-order chi connectivity index (χ1) is 8.46.